The Balaban J connectivity index is 4.92. The van der Waals surface area contributed by atoms with Crippen molar-refractivity contribution in [2.45, 2.75) is 86.9 Å². The summed E-state index contributed by atoms with van der Waals surface area (Å²) < 4.78 is 1.25. The second-order valence-corrected chi connectivity index (χ2v) is 7.31. The van der Waals surface area contributed by atoms with E-state index < -0.39 is 0 Å². The third-order valence-electron chi connectivity index (χ3n) is 4.13. The molecule has 1 nitrogen and oxygen atoms in total. The molecule has 0 aromatic heterocycles. The fraction of sp³-hybridized carbons (Fsp3) is 1.00. The second kappa shape index (κ2) is 5.53. The molecular weight excluding hydrogens is 194 g/mol. The highest BCUT2D eigenvalue weighted by Gasteiger charge is 2.38. The van der Waals surface area contributed by atoms with Gasteiger partial charge in [0.25, 0.3) is 0 Å². The average molecular weight is 228 g/mol. The monoisotopic (exact) mass is 228 g/mol. The number of rotatable bonds is 5. The molecule has 0 spiro atoms. The van der Waals surface area contributed by atoms with E-state index >= 15 is 0 Å². The fourth-order valence-electron chi connectivity index (χ4n) is 3.09. The molecule has 0 saturated carbocycles. The summed E-state index contributed by atoms with van der Waals surface area (Å²) in [5.41, 5.74) is 0.447. The van der Waals surface area contributed by atoms with E-state index in [9.17, 15) is 0 Å². The van der Waals surface area contributed by atoms with Gasteiger partial charge in [-0.05, 0) is 47.0 Å². The van der Waals surface area contributed by atoms with Crippen LogP contribution in [0.25, 0.3) is 0 Å². The van der Waals surface area contributed by atoms with Crippen molar-refractivity contribution in [3.63, 3.8) is 0 Å². The molecule has 0 aliphatic heterocycles. The lowest BCUT2D eigenvalue weighted by atomic mass is 9.90. The number of nitrogens with zero attached hydrogens (tertiary/aromatic N) is 1. The molecule has 0 aromatic rings. The lowest BCUT2D eigenvalue weighted by molar-refractivity contribution is -0.985. The van der Waals surface area contributed by atoms with Crippen LogP contribution in [0.4, 0.5) is 0 Å². The highest BCUT2D eigenvalue weighted by molar-refractivity contribution is 4.65. The Kier molecular flexibility index (Phi) is 5.52. The van der Waals surface area contributed by atoms with Gasteiger partial charge in [0.05, 0.1) is 24.7 Å². The summed E-state index contributed by atoms with van der Waals surface area (Å²) in [6.07, 6.45) is 1.31. The molecule has 0 saturated heterocycles. The SMILES string of the molecule is CC(C)[N+](CCC(C)(C)C)(C(C)C)C(C)C. The summed E-state index contributed by atoms with van der Waals surface area (Å²) in [7, 11) is 0. The summed E-state index contributed by atoms with van der Waals surface area (Å²) in [4.78, 5) is 0. The third kappa shape index (κ3) is 3.76. The molecule has 0 atom stereocenters. The zero-order valence-electron chi connectivity index (χ0n) is 13.1. The van der Waals surface area contributed by atoms with Crippen molar-refractivity contribution in [1.82, 2.24) is 0 Å². The Morgan fingerprint density at radius 3 is 1.25 bits per heavy atom. The summed E-state index contributed by atoms with van der Waals surface area (Å²) in [5, 5.41) is 0. The van der Waals surface area contributed by atoms with E-state index in [-0.39, 0.29) is 0 Å². The van der Waals surface area contributed by atoms with Crippen LogP contribution < -0.4 is 0 Å². The van der Waals surface area contributed by atoms with E-state index in [1.165, 1.54) is 17.4 Å². The number of hydrogen-bond donors (Lipinski definition) is 0. The Hall–Kier alpha value is -0.0400. The van der Waals surface area contributed by atoms with Gasteiger partial charge < -0.3 is 4.48 Å². The summed E-state index contributed by atoms with van der Waals surface area (Å²) in [6, 6.07) is 2.13. The largest absolute Gasteiger partial charge is 0.318 e. The number of hydrogen-bond acceptors (Lipinski definition) is 0. The van der Waals surface area contributed by atoms with Gasteiger partial charge in [-0.3, -0.25) is 0 Å². The lowest BCUT2D eigenvalue weighted by Crippen LogP contribution is -2.62. The van der Waals surface area contributed by atoms with Gasteiger partial charge in [0.1, 0.15) is 0 Å². The van der Waals surface area contributed by atoms with Crippen molar-refractivity contribution in [2.24, 2.45) is 5.41 Å². The van der Waals surface area contributed by atoms with Gasteiger partial charge in [-0.2, -0.15) is 0 Å². The van der Waals surface area contributed by atoms with Crippen LogP contribution in [0.15, 0.2) is 0 Å². The maximum Gasteiger partial charge on any atom is 0.0837 e. The highest BCUT2D eigenvalue weighted by atomic mass is 15.4. The smallest absolute Gasteiger partial charge is 0.0837 e. The molecule has 0 rings (SSSR count). The minimum absolute atomic E-state index is 0.447. The third-order valence-corrected chi connectivity index (χ3v) is 4.13. The first-order chi connectivity index (χ1) is 7.04. The maximum absolute atomic E-state index is 2.38. The summed E-state index contributed by atoms with van der Waals surface area (Å²) >= 11 is 0. The van der Waals surface area contributed by atoms with Crippen molar-refractivity contribution in [3.05, 3.63) is 0 Å². The maximum atomic E-state index is 2.38. The molecule has 0 unspecified atom stereocenters. The molecule has 0 aromatic carbocycles. The van der Waals surface area contributed by atoms with Crippen LogP contribution in [0.2, 0.25) is 0 Å². The van der Waals surface area contributed by atoms with Gasteiger partial charge in [-0.1, -0.05) is 20.8 Å². The van der Waals surface area contributed by atoms with E-state index in [2.05, 4.69) is 62.3 Å². The zero-order chi connectivity index (χ0) is 13.1. The van der Waals surface area contributed by atoms with Crippen LogP contribution in [0.5, 0.6) is 0 Å². The fourth-order valence-corrected chi connectivity index (χ4v) is 3.09. The van der Waals surface area contributed by atoms with Crippen molar-refractivity contribution in [1.29, 1.82) is 0 Å². The Labute approximate surface area is 104 Å². The predicted molar refractivity (Wildman–Crippen MR) is 74.6 cm³/mol. The molecule has 0 fully saturated rings. The van der Waals surface area contributed by atoms with Crippen LogP contribution in [0, 0.1) is 5.41 Å². The van der Waals surface area contributed by atoms with Gasteiger partial charge in [0, 0.05) is 6.42 Å². The van der Waals surface area contributed by atoms with E-state index in [1.807, 2.05) is 0 Å². The minimum Gasteiger partial charge on any atom is -0.318 e. The Morgan fingerprint density at radius 1 is 0.750 bits per heavy atom. The van der Waals surface area contributed by atoms with Gasteiger partial charge in [0.2, 0.25) is 0 Å². The molecule has 0 amide bonds. The van der Waals surface area contributed by atoms with Gasteiger partial charge in [-0.25, -0.2) is 0 Å². The first-order valence-corrected chi connectivity index (χ1v) is 6.91. The van der Waals surface area contributed by atoms with E-state index in [4.69, 9.17) is 0 Å². The molecule has 0 radical (unpaired) electrons. The minimum atomic E-state index is 0.447. The zero-order valence-corrected chi connectivity index (χ0v) is 13.1. The lowest BCUT2D eigenvalue weighted by Gasteiger charge is -2.50. The van der Waals surface area contributed by atoms with Gasteiger partial charge in [0.15, 0.2) is 0 Å². The van der Waals surface area contributed by atoms with Crippen molar-refractivity contribution >= 4 is 0 Å². The molecular formula is C15H34N+. The summed E-state index contributed by atoms with van der Waals surface area (Å²) in [5.74, 6) is 0. The van der Waals surface area contributed by atoms with Crippen LogP contribution in [-0.4, -0.2) is 29.2 Å². The van der Waals surface area contributed by atoms with Crippen LogP contribution >= 0.6 is 0 Å². The van der Waals surface area contributed by atoms with Gasteiger partial charge in [-0.15, -0.1) is 0 Å². The molecule has 16 heavy (non-hydrogen) atoms. The predicted octanol–water partition coefficient (Wildman–Crippen LogP) is 4.46. The van der Waals surface area contributed by atoms with E-state index in [1.54, 1.807) is 0 Å². The normalized spacial score (nSPS) is 14.2. The summed E-state index contributed by atoms with van der Waals surface area (Å²) in [6.45, 7) is 22.6. The van der Waals surface area contributed by atoms with Crippen LogP contribution in [-0.2, 0) is 0 Å². The molecule has 0 aliphatic carbocycles. The molecule has 0 bridgehead atoms. The average Bonchev–Trinajstić information content (AvgIpc) is 2.00. The van der Waals surface area contributed by atoms with Crippen LogP contribution in [0.1, 0.15) is 68.7 Å². The molecule has 0 N–H and O–H groups in total. The van der Waals surface area contributed by atoms with Gasteiger partial charge >= 0.3 is 0 Å². The molecule has 0 heterocycles. The van der Waals surface area contributed by atoms with Crippen molar-refractivity contribution in [2.75, 3.05) is 6.54 Å². The number of quaternary nitrogens is 1. The molecule has 98 valence electrons. The van der Waals surface area contributed by atoms with E-state index in [0.29, 0.717) is 23.5 Å². The quantitative estimate of drug-likeness (QED) is 0.609. The Bertz CT molecular complexity index is 174. The van der Waals surface area contributed by atoms with Crippen molar-refractivity contribution < 1.29 is 4.48 Å². The molecule has 1 heteroatoms. The second-order valence-electron chi connectivity index (χ2n) is 7.31. The van der Waals surface area contributed by atoms with Crippen LogP contribution in [0.3, 0.4) is 0 Å². The van der Waals surface area contributed by atoms with Crippen molar-refractivity contribution in [3.8, 4) is 0 Å². The standard InChI is InChI=1S/C15H34N/c1-12(2)16(13(3)4,14(5)6)11-10-15(7,8)9/h12-14H,10-11H2,1-9H3/q+1. The first kappa shape index (κ1) is 16.0. The van der Waals surface area contributed by atoms with E-state index in [0.717, 1.165) is 0 Å². The highest BCUT2D eigenvalue weighted by Crippen LogP contribution is 2.29. The first-order valence-electron chi connectivity index (χ1n) is 6.91. The Morgan fingerprint density at radius 2 is 1.06 bits per heavy atom. The topological polar surface area (TPSA) is 0 Å². The molecule has 0 aliphatic rings.